The van der Waals surface area contributed by atoms with E-state index >= 15 is 0 Å². The van der Waals surface area contributed by atoms with E-state index in [-0.39, 0.29) is 11.0 Å². The van der Waals surface area contributed by atoms with Gasteiger partial charge in [0.25, 0.3) is 10.0 Å². The van der Waals surface area contributed by atoms with Crippen molar-refractivity contribution in [3.05, 3.63) is 52.6 Å². The van der Waals surface area contributed by atoms with Crippen LogP contribution in [0.1, 0.15) is 12.8 Å². The molecular weight excluding hydrogens is 433 g/mol. The highest BCUT2D eigenvalue weighted by molar-refractivity contribution is 7.92. The maximum Gasteiger partial charge on any atom is 0.261 e. The number of anilines is 1. The zero-order chi connectivity index (χ0) is 20.2. The van der Waals surface area contributed by atoms with Gasteiger partial charge in [-0.1, -0.05) is 23.2 Å². The second kappa shape index (κ2) is 6.80. The lowest BCUT2D eigenvalue weighted by molar-refractivity contribution is -0.0495. The Balaban J connectivity index is 1.32. The molecule has 6 nitrogen and oxygen atoms in total. The summed E-state index contributed by atoms with van der Waals surface area (Å²) in [6, 6.07) is 9.70. The quantitative estimate of drug-likeness (QED) is 0.536. The molecular formula is C20H19Cl2N3O3S. The van der Waals surface area contributed by atoms with E-state index in [0.29, 0.717) is 37.8 Å². The van der Waals surface area contributed by atoms with Crippen molar-refractivity contribution in [3.8, 4) is 5.75 Å². The zero-order valence-electron chi connectivity index (χ0n) is 15.3. The number of hydrogen-bond acceptors (Lipinski definition) is 4. The molecule has 0 unspecified atom stereocenters. The van der Waals surface area contributed by atoms with E-state index in [9.17, 15) is 8.42 Å². The molecule has 2 heterocycles. The first kappa shape index (κ1) is 19.1. The fourth-order valence-corrected chi connectivity index (χ4v) is 5.73. The van der Waals surface area contributed by atoms with E-state index in [0.717, 1.165) is 25.9 Å². The lowest BCUT2D eigenvalue weighted by Gasteiger charge is -2.53. The van der Waals surface area contributed by atoms with Gasteiger partial charge < -0.3 is 15.0 Å². The Morgan fingerprint density at radius 3 is 2.41 bits per heavy atom. The number of rotatable bonds is 5. The first-order valence-electron chi connectivity index (χ1n) is 9.31. The summed E-state index contributed by atoms with van der Waals surface area (Å²) in [5.41, 5.74) is 1.35. The van der Waals surface area contributed by atoms with Gasteiger partial charge in [-0.15, -0.1) is 0 Å². The molecule has 0 radical (unpaired) electrons. The van der Waals surface area contributed by atoms with Crippen molar-refractivity contribution >= 4 is 49.8 Å². The van der Waals surface area contributed by atoms with Crippen molar-refractivity contribution in [1.82, 2.24) is 10.3 Å². The first-order chi connectivity index (χ1) is 13.9. The molecule has 1 aliphatic heterocycles. The molecule has 0 atom stereocenters. The number of halogens is 2. The molecule has 3 aromatic rings. The van der Waals surface area contributed by atoms with Crippen LogP contribution in [0.5, 0.6) is 5.75 Å². The molecule has 1 saturated heterocycles. The molecule has 1 aliphatic carbocycles. The normalized spacial score (nSPS) is 18.4. The Bertz CT molecular complexity index is 1180. The Morgan fingerprint density at radius 1 is 1.03 bits per heavy atom. The van der Waals surface area contributed by atoms with Gasteiger partial charge in [-0.2, -0.15) is 0 Å². The van der Waals surface area contributed by atoms with Gasteiger partial charge in [0.1, 0.15) is 5.75 Å². The molecule has 9 heteroatoms. The average molecular weight is 452 g/mol. The van der Waals surface area contributed by atoms with Gasteiger partial charge in [0.15, 0.2) is 0 Å². The van der Waals surface area contributed by atoms with Crippen LogP contribution in [0.25, 0.3) is 10.9 Å². The number of benzene rings is 2. The minimum atomic E-state index is -3.78. The molecule has 2 aromatic carbocycles. The van der Waals surface area contributed by atoms with Crippen LogP contribution < -0.4 is 14.8 Å². The van der Waals surface area contributed by atoms with Crippen molar-refractivity contribution in [2.24, 2.45) is 5.41 Å². The van der Waals surface area contributed by atoms with E-state index in [4.69, 9.17) is 27.9 Å². The number of aromatic amines is 1. The second-order valence-electron chi connectivity index (χ2n) is 7.81. The second-order valence-corrected chi connectivity index (χ2v) is 10.3. The number of fused-ring (bicyclic) bond motifs is 1. The third kappa shape index (κ3) is 3.36. The van der Waals surface area contributed by atoms with Crippen LogP contribution in [-0.4, -0.2) is 32.6 Å². The molecule has 3 N–H and O–H groups in total. The van der Waals surface area contributed by atoms with Gasteiger partial charge in [0.2, 0.25) is 0 Å². The largest absolute Gasteiger partial charge is 0.490 e. The Morgan fingerprint density at radius 2 is 1.76 bits per heavy atom. The molecule has 0 bridgehead atoms. The Labute approximate surface area is 178 Å². The number of ether oxygens (including phenoxy) is 1. The van der Waals surface area contributed by atoms with Crippen molar-refractivity contribution in [3.63, 3.8) is 0 Å². The van der Waals surface area contributed by atoms with Crippen LogP contribution in [0.2, 0.25) is 10.0 Å². The Kier molecular flexibility index (Phi) is 4.47. The van der Waals surface area contributed by atoms with E-state index in [1.807, 2.05) is 0 Å². The minimum Gasteiger partial charge on any atom is -0.490 e. The SMILES string of the molecule is O=S(=O)(Nc1ccc(Cl)c2c(Cl)c[nH]c12)c1ccc(OC2CC3(CNC3)C2)cc1. The van der Waals surface area contributed by atoms with Crippen LogP contribution in [0, 0.1) is 5.41 Å². The highest BCUT2D eigenvalue weighted by Gasteiger charge is 2.49. The highest BCUT2D eigenvalue weighted by atomic mass is 35.5. The predicted octanol–water partition coefficient (Wildman–Crippen LogP) is 4.41. The van der Waals surface area contributed by atoms with Crippen LogP contribution in [0.4, 0.5) is 5.69 Å². The summed E-state index contributed by atoms with van der Waals surface area (Å²) in [5, 5.41) is 4.77. The fourth-order valence-electron chi connectivity index (χ4n) is 4.10. The van der Waals surface area contributed by atoms with Gasteiger partial charge in [0, 0.05) is 30.1 Å². The lowest BCUT2D eigenvalue weighted by atomic mass is 9.63. The molecule has 1 aromatic heterocycles. The number of aromatic nitrogens is 1. The number of nitrogens with one attached hydrogen (secondary N) is 3. The van der Waals surface area contributed by atoms with Crippen LogP contribution >= 0.6 is 23.2 Å². The van der Waals surface area contributed by atoms with Crippen molar-refractivity contribution in [1.29, 1.82) is 0 Å². The van der Waals surface area contributed by atoms with Gasteiger partial charge in [-0.3, -0.25) is 4.72 Å². The fraction of sp³-hybridized carbons (Fsp3) is 0.300. The van der Waals surface area contributed by atoms with Crippen molar-refractivity contribution in [2.75, 3.05) is 17.8 Å². The van der Waals surface area contributed by atoms with Crippen molar-refractivity contribution < 1.29 is 13.2 Å². The standard InChI is InChI=1S/C20H19Cl2N3O3S/c21-15-5-6-17(19-18(15)16(22)9-24-19)25-29(26,27)14-3-1-12(2-4-14)28-13-7-20(8-13)10-23-11-20/h1-6,9,13,23-25H,7-8,10-11H2. The third-order valence-corrected chi connectivity index (χ3v) is 7.73. The van der Waals surface area contributed by atoms with Gasteiger partial charge in [0.05, 0.1) is 32.2 Å². The topological polar surface area (TPSA) is 83.2 Å². The monoisotopic (exact) mass is 451 g/mol. The average Bonchev–Trinajstić information content (AvgIpc) is 3.02. The summed E-state index contributed by atoms with van der Waals surface area (Å²) >= 11 is 12.3. The minimum absolute atomic E-state index is 0.152. The molecule has 2 aliphatic rings. The van der Waals surface area contributed by atoms with E-state index in [1.165, 1.54) is 0 Å². The molecule has 1 spiro atoms. The van der Waals surface area contributed by atoms with E-state index in [1.54, 1.807) is 42.6 Å². The predicted molar refractivity (Wildman–Crippen MR) is 115 cm³/mol. The van der Waals surface area contributed by atoms with Crippen molar-refractivity contribution in [2.45, 2.75) is 23.8 Å². The molecule has 152 valence electrons. The third-order valence-electron chi connectivity index (χ3n) is 5.74. The maximum absolute atomic E-state index is 12.8. The van der Waals surface area contributed by atoms with E-state index in [2.05, 4.69) is 15.0 Å². The highest BCUT2D eigenvalue weighted by Crippen LogP contribution is 2.45. The summed E-state index contributed by atoms with van der Waals surface area (Å²) in [7, 11) is -3.78. The molecule has 1 saturated carbocycles. The summed E-state index contributed by atoms with van der Waals surface area (Å²) in [6.45, 7) is 2.14. The summed E-state index contributed by atoms with van der Waals surface area (Å²) in [5.74, 6) is 0.682. The maximum atomic E-state index is 12.8. The Hall–Kier alpha value is -1.93. The van der Waals surface area contributed by atoms with Crippen LogP contribution in [-0.2, 0) is 10.0 Å². The number of hydrogen-bond donors (Lipinski definition) is 3. The zero-order valence-corrected chi connectivity index (χ0v) is 17.7. The first-order valence-corrected chi connectivity index (χ1v) is 11.5. The van der Waals surface area contributed by atoms with Gasteiger partial charge >= 0.3 is 0 Å². The number of sulfonamides is 1. The summed E-state index contributed by atoms with van der Waals surface area (Å²) in [6.07, 6.45) is 3.88. The molecule has 29 heavy (non-hydrogen) atoms. The van der Waals surface area contributed by atoms with E-state index < -0.39 is 10.0 Å². The molecule has 0 amide bonds. The summed E-state index contributed by atoms with van der Waals surface area (Å²) < 4.78 is 34.2. The van der Waals surface area contributed by atoms with Gasteiger partial charge in [-0.25, -0.2) is 8.42 Å². The summed E-state index contributed by atoms with van der Waals surface area (Å²) in [4.78, 5) is 3.11. The van der Waals surface area contributed by atoms with Crippen LogP contribution in [0.15, 0.2) is 47.5 Å². The van der Waals surface area contributed by atoms with Crippen LogP contribution in [0.3, 0.4) is 0 Å². The smallest absolute Gasteiger partial charge is 0.261 e. The number of H-pyrrole nitrogens is 1. The molecule has 2 fully saturated rings. The lowest BCUT2D eigenvalue weighted by Crippen LogP contribution is -2.62. The molecule has 5 rings (SSSR count). The van der Waals surface area contributed by atoms with Gasteiger partial charge in [-0.05, 0) is 49.2 Å².